The first-order valence-electron chi connectivity index (χ1n) is 37.5. The highest BCUT2D eigenvalue weighted by Crippen LogP contribution is 2.45. The van der Waals surface area contributed by atoms with Gasteiger partial charge in [0.1, 0.15) is 31.9 Å². The van der Waals surface area contributed by atoms with Gasteiger partial charge in [-0.3, -0.25) is 47.9 Å². The molecule has 8 N–H and O–H groups in total. The highest BCUT2D eigenvalue weighted by molar-refractivity contribution is 5.97. The molecule has 2 aromatic heterocycles. The molecule has 33 nitrogen and oxygen atoms in total. The molecule has 5 heterocycles. The number of cyclic esters (lactones) is 1. The molecule has 0 spiro atoms. The lowest BCUT2D eigenvalue weighted by molar-refractivity contribution is -0.252. The van der Waals surface area contributed by atoms with Crippen molar-refractivity contribution < 1.29 is 114 Å². The van der Waals surface area contributed by atoms with Crippen molar-refractivity contribution >= 4 is 94.1 Å². The third-order valence-electron chi connectivity index (χ3n) is 20.2. The van der Waals surface area contributed by atoms with E-state index in [2.05, 4.69) is 42.2 Å². The van der Waals surface area contributed by atoms with Gasteiger partial charge in [-0.2, -0.15) is 0 Å². The van der Waals surface area contributed by atoms with Crippen molar-refractivity contribution in [3.8, 4) is 22.5 Å². The van der Waals surface area contributed by atoms with Crippen molar-refractivity contribution in [3.05, 3.63) is 188 Å². The highest BCUT2D eigenvalue weighted by Gasteiger charge is 2.55. The minimum Gasteiger partial charge on any atom is -0.467 e. The number of benzene rings is 5. The van der Waals surface area contributed by atoms with E-state index in [9.17, 15) is 76.6 Å². The molecular formula is C82H86F2N10O23. The van der Waals surface area contributed by atoms with Crippen LogP contribution in [0, 0.1) is 11.6 Å². The lowest BCUT2D eigenvalue weighted by Crippen LogP contribution is -2.67. The predicted molar refractivity (Wildman–Crippen MR) is 408 cm³/mol. The molecule has 8 atom stereocenters. The van der Waals surface area contributed by atoms with Gasteiger partial charge in [-0.1, -0.05) is 97.9 Å². The largest absolute Gasteiger partial charge is 0.467 e. The molecule has 117 heavy (non-hydrogen) atoms. The zero-order chi connectivity index (χ0) is 84.1. The van der Waals surface area contributed by atoms with Gasteiger partial charge in [0.25, 0.3) is 5.56 Å². The zero-order valence-electron chi connectivity index (χ0n) is 64.7. The van der Waals surface area contributed by atoms with E-state index in [4.69, 9.17) is 37.9 Å². The van der Waals surface area contributed by atoms with E-state index >= 15 is 4.39 Å². The molecule has 8 amide bonds. The monoisotopic (exact) mass is 1620 g/mol. The predicted octanol–water partition coefficient (Wildman–Crippen LogP) is 4.85. The van der Waals surface area contributed by atoms with Crippen molar-refractivity contribution in [3.63, 3.8) is 0 Å². The van der Waals surface area contributed by atoms with Crippen LogP contribution in [-0.2, 0) is 129 Å². The number of esters is 5. The van der Waals surface area contributed by atoms with Crippen LogP contribution in [0.5, 0.6) is 0 Å². The molecule has 616 valence electrons. The number of carbonyl (C=O) groups excluding carboxylic acids is 13. The minimum atomic E-state index is -2.11. The molecule has 11 rings (SSSR count). The average Bonchev–Trinajstić information content (AvgIpc) is 1.59. The van der Waals surface area contributed by atoms with Gasteiger partial charge in [0, 0.05) is 80.4 Å². The molecule has 0 radical (unpaired) electrons. The molecular weight excluding hydrogens is 1530 g/mol. The number of fused-ring (bicyclic) bond motifs is 8. The van der Waals surface area contributed by atoms with Crippen molar-refractivity contribution in [2.45, 2.75) is 160 Å². The maximum absolute atomic E-state index is 15.0. The molecule has 1 aliphatic carbocycles. The molecule has 1 saturated heterocycles. The maximum Gasteiger partial charge on any atom is 0.410 e. The molecule has 0 unspecified atom stereocenters. The lowest BCUT2D eigenvalue weighted by Gasteiger charge is -2.43. The number of alkyl carbamates (subject to hydrolysis) is 1. The van der Waals surface area contributed by atoms with E-state index in [1.54, 1.807) is 63.2 Å². The zero-order valence-corrected chi connectivity index (χ0v) is 64.7. The Hall–Kier alpha value is -13.1. The molecule has 1 fully saturated rings. The van der Waals surface area contributed by atoms with Gasteiger partial charge in [0.15, 0.2) is 47.9 Å². The van der Waals surface area contributed by atoms with Crippen LogP contribution in [-0.4, -0.2) is 186 Å². The third-order valence-corrected chi connectivity index (χ3v) is 20.2. The second-order valence-corrected chi connectivity index (χ2v) is 28.4. The average molecular weight is 1620 g/mol. The fraction of sp³-hybridized carbons (Fsp3) is 0.378. The number of pyridine rings is 2. The topological polar surface area (TPSA) is 438 Å². The summed E-state index contributed by atoms with van der Waals surface area (Å²) in [5.74, 6) is -12.6. The standard InChI is InChI=1S/C82H86F2N10O23/c1-8-82(109)58-33-64-69-55(38-94(64)77(104)57(58)41-111-79(82)106)53(54-32-59(83)60(84)34-62(54)90-69)29-30-93(42(2)3)81(108)113-39-47-25-27-48(28-26-47)88-67(100)37-87-75(103)63(31-46-17-10-9-11-18-46)89-68(101)36-85-66(99)35-86-74(102)61(91-80(107)112-40-56-51-21-14-12-19-49(51)50-20-13-15-22-52(50)56)23-16-24-65(98)92-76-72(116-45(6)97)70(114-43(4)95)71(115-44(5)96)73(117-76)78(105)110-7/h9-15,17-22,25-28,32-34,42,56,61,63,70-73,76,109H,8,16,23-24,29-31,35-41H2,1-7H3,(H,85,99)(H,86,102)(H,87,103)(H,88,100)(H,89,101)(H,91,107)(H,92,98)/t61-,63-,70-,71-,72+,73-,76-,82-/m0/s1. The van der Waals surface area contributed by atoms with E-state index < -0.39 is 175 Å². The number of halogens is 2. The number of hydrogen-bond donors (Lipinski definition) is 8. The molecule has 3 aliphatic heterocycles. The molecule has 4 aliphatic rings. The summed E-state index contributed by atoms with van der Waals surface area (Å²) in [6.45, 7) is 5.20. The Bertz CT molecular complexity index is 5060. The normalized spacial score (nSPS) is 17.9. The molecule has 7 aromatic rings. The summed E-state index contributed by atoms with van der Waals surface area (Å²) in [7, 11) is 0.989. The summed E-state index contributed by atoms with van der Waals surface area (Å²) in [4.78, 5) is 192. The van der Waals surface area contributed by atoms with E-state index in [-0.39, 0.29) is 110 Å². The van der Waals surface area contributed by atoms with Crippen LogP contribution >= 0.6 is 0 Å². The molecule has 0 bridgehead atoms. The molecule has 0 saturated carbocycles. The third kappa shape index (κ3) is 20.0. The quantitative estimate of drug-likeness (QED) is 0.0213. The Balaban J connectivity index is 0.673. The van der Waals surface area contributed by atoms with E-state index in [1.807, 2.05) is 48.5 Å². The fourth-order valence-electron chi connectivity index (χ4n) is 14.5. The van der Waals surface area contributed by atoms with Gasteiger partial charge in [-0.15, -0.1) is 0 Å². The first-order valence-corrected chi connectivity index (χ1v) is 37.5. The first kappa shape index (κ1) is 84.8. The van der Waals surface area contributed by atoms with Crippen molar-refractivity contribution in [1.29, 1.82) is 0 Å². The Morgan fingerprint density at radius 2 is 1.30 bits per heavy atom. The first-order chi connectivity index (χ1) is 55.9. The van der Waals surface area contributed by atoms with E-state index in [0.29, 0.717) is 22.3 Å². The number of nitrogens with one attached hydrogen (secondary N) is 7. The number of anilines is 1. The van der Waals surface area contributed by atoms with Crippen LogP contribution in [0.15, 0.2) is 126 Å². The summed E-state index contributed by atoms with van der Waals surface area (Å²) >= 11 is 0. The van der Waals surface area contributed by atoms with Crippen molar-refractivity contribution in [2.24, 2.45) is 0 Å². The van der Waals surface area contributed by atoms with Gasteiger partial charge >= 0.3 is 42.0 Å². The smallest absolute Gasteiger partial charge is 0.410 e. The number of rotatable bonds is 31. The Kier molecular flexibility index (Phi) is 27.2. The Morgan fingerprint density at radius 1 is 0.684 bits per heavy atom. The van der Waals surface area contributed by atoms with Gasteiger partial charge in [-0.05, 0) is 103 Å². The number of ether oxygens (including phenoxy) is 8. The number of aromatic nitrogens is 2. The molecule has 35 heteroatoms. The highest BCUT2D eigenvalue weighted by atomic mass is 19.2. The Labute approximate surface area is 667 Å². The summed E-state index contributed by atoms with van der Waals surface area (Å²) in [5.41, 5.74) is 4.10. The second-order valence-electron chi connectivity index (χ2n) is 28.4. The number of methoxy groups -OCH3 is 1. The van der Waals surface area contributed by atoms with Crippen molar-refractivity contribution in [1.82, 2.24) is 46.4 Å². The maximum atomic E-state index is 15.0. The lowest BCUT2D eigenvalue weighted by atomic mass is 9.86. The van der Waals surface area contributed by atoms with Crippen LogP contribution in [0.4, 0.5) is 24.1 Å². The van der Waals surface area contributed by atoms with Crippen LogP contribution in [0.25, 0.3) is 33.4 Å². The molecule has 5 aromatic carbocycles. The number of aliphatic hydroxyl groups is 1. The van der Waals surface area contributed by atoms with Gasteiger partial charge in [-0.25, -0.2) is 32.9 Å². The van der Waals surface area contributed by atoms with Crippen LogP contribution in [0.1, 0.15) is 118 Å². The summed E-state index contributed by atoms with van der Waals surface area (Å²) in [6.07, 6.45) is -11.5. The summed E-state index contributed by atoms with van der Waals surface area (Å²) in [6, 6.07) is 30.1. The van der Waals surface area contributed by atoms with Gasteiger partial charge in [0.05, 0.1) is 55.8 Å². The van der Waals surface area contributed by atoms with Gasteiger partial charge in [0.2, 0.25) is 35.4 Å². The van der Waals surface area contributed by atoms with E-state index in [1.165, 1.54) is 27.7 Å². The van der Waals surface area contributed by atoms with Crippen LogP contribution in [0.2, 0.25) is 0 Å². The summed E-state index contributed by atoms with van der Waals surface area (Å²) in [5, 5.41) is 29.2. The van der Waals surface area contributed by atoms with Gasteiger partial charge < -0.3 is 89.7 Å². The van der Waals surface area contributed by atoms with E-state index in [0.717, 1.165) is 62.3 Å². The van der Waals surface area contributed by atoms with Crippen LogP contribution < -0.4 is 42.8 Å². The number of nitrogens with zero attached hydrogens (tertiary/aromatic N) is 3. The second kappa shape index (κ2) is 37.5. The minimum absolute atomic E-state index is 0.00415. The summed E-state index contributed by atoms with van der Waals surface area (Å²) < 4.78 is 74.7. The van der Waals surface area contributed by atoms with Crippen molar-refractivity contribution in [2.75, 3.05) is 45.2 Å². The van der Waals surface area contributed by atoms with Crippen LogP contribution in [0.3, 0.4) is 0 Å². The number of amides is 8. The number of hydrogen-bond acceptors (Lipinski definition) is 24. The number of carbonyl (C=O) groups is 13. The SMILES string of the molecule is CC[C@@]1(O)C(=O)OCc2c1cc1n(c2=O)Cc2c-1nc1cc(F)c(F)cc1c2CCN(C(=O)OCc1ccc(NC(=O)CNC(=O)[C@H](Cc2ccccc2)NC(=O)CNC(=O)CNC(=O)[C@H](CCCC(=O)N[C@H]2O[C@H](C(=O)OC)[C@@H](OC(C)=O)[C@H](OC(C)=O)[C@H]2OC(C)=O)NC(=O)OCC2c3ccccc3-c3ccccc32)cc1)C(C)C. The Morgan fingerprint density at radius 3 is 1.95 bits per heavy atom. The fourth-order valence-corrected chi connectivity index (χ4v) is 14.5.